The first-order valence-corrected chi connectivity index (χ1v) is 9.69. The van der Waals surface area contributed by atoms with E-state index in [0.29, 0.717) is 19.1 Å². The largest absolute Gasteiger partial charge is 0.406 e. The highest BCUT2D eigenvalue weighted by Crippen LogP contribution is 2.24. The third-order valence-electron chi connectivity index (χ3n) is 5.63. The maximum Gasteiger partial charge on any atom is 0.406 e. The Balaban J connectivity index is 1.49. The van der Waals surface area contributed by atoms with Crippen LogP contribution in [-0.4, -0.2) is 93.8 Å². The molecule has 0 aromatic carbocycles. The van der Waals surface area contributed by atoms with Crippen molar-refractivity contribution in [3.63, 3.8) is 0 Å². The lowest BCUT2D eigenvalue weighted by Gasteiger charge is -2.42. The van der Waals surface area contributed by atoms with E-state index in [2.05, 4.69) is 21.8 Å². The first-order chi connectivity index (χ1) is 13.2. The number of amides is 1. The first-order valence-electron chi connectivity index (χ1n) is 9.69. The number of likely N-dealkylation sites (tertiary alicyclic amines) is 1. The summed E-state index contributed by atoms with van der Waals surface area (Å²) < 4.78 is 38.7. The Labute approximate surface area is 162 Å². The minimum absolute atomic E-state index is 0.127. The number of hydrogen-bond acceptors (Lipinski definition) is 5. The Hall–Kier alpha value is -1.65. The summed E-state index contributed by atoms with van der Waals surface area (Å²) in [5, 5.41) is 10.3. The van der Waals surface area contributed by atoms with E-state index in [-0.39, 0.29) is 18.2 Å². The summed E-state index contributed by atoms with van der Waals surface area (Å²) in [6.07, 6.45) is -1.88. The molecule has 3 rings (SSSR count). The van der Waals surface area contributed by atoms with E-state index in [9.17, 15) is 23.1 Å². The van der Waals surface area contributed by atoms with Crippen molar-refractivity contribution in [2.45, 2.75) is 44.1 Å². The molecule has 7 nitrogen and oxygen atoms in total. The van der Waals surface area contributed by atoms with Gasteiger partial charge in [0.25, 0.3) is 0 Å². The van der Waals surface area contributed by atoms with Gasteiger partial charge in [-0.2, -0.15) is 13.2 Å². The van der Waals surface area contributed by atoms with Crippen molar-refractivity contribution in [1.29, 1.82) is 0 Å². The maximum absolute atomic E-state index is 12.6. The van der Waals surface area contributed by atoms with E-state index in [1.807, 2.05) is 0 Å². The zero-order chi connectivity index (χ0) is 20.3. The molecule has 3 heterocycles. The molecule has 1 amide bonds. The van der Waals surface area contributed by atoms with Gasteiger partial charge in [0.05, 0.1) is 6.42 Å². The molecule has 1 unspecified atom stereocenters. The van der Waals surface area contributed by atoms with E-state index in [0.717, 1.165) is 49.8 Å². The highest BCUT2D eigenvalue weighted by Gasteiger charge is 2.32. The molecule has 10 heteroatoms. The Kier molecular flexibility index (Phi) is 6.61. The Morgan fingerprint density at radius 3 is 2.46 bits per heavy atom. The molecule has 0 saturated carbocycles. The summed E-state index contributed by atoms with van der Waals surface area (Å²) in [5.74, 6) is -0.371. The summed E-state index contributed by atoms with van der Waals surface area (Å²) >= 11 is 0. The van der Waals surface area contributed by atoms with E-state index in [1.54, 1.807) is 4.90 Å². The fraction of sp³-hybridized carbons (Fsp3) is 0.778. The van der Waals surface area contributed by atoms with Crippen LogP contribution < -0.4 is 0 Å². The van der Waals surface area contributed by atoms with Crippen molar-refractivity contribution in [1.82, 2.24) is 24.3 Å². The maximum atomic E-state index is 12.6. The topological polar surface area (TPSA) is 64.8 Å². The van der Waals surface area contributed by atoms with Crippen LogP contribution in [0.25, 0.3) is 0 Å². The summed E-state index contributed by atoms with van der Waals surface area (Å²) in [5.41, 5.74) is 0. The number of alkyl halides is 3. The monoisotopic (exact) mass is 403 g/mol. The van der Waals surface area contributed by atoms with Crippen molar-refractivity contribution in [2.75, 3.05) is 46.3 Å². The molecule has 28 heavy (non-hydrogen) atoms. The minimum Gasteiger partial charge on any atom is -0.385 e. The molecule has 2 aliphatic heterocycles. The predicted molar refractivity (Wildman–Crippen MR) is 96.5 cm³/mol. The van der Waals surface area contributed by atoms with Gasteiger partial charge >= 0.3 is 6.18 Å². The quantitative estimate of drug-likeness (QED) is 0.798. The second kappa shape index (κ2) is 8.79. The Morgan fingerprint density at radius 1 is 1.21 bits per heavy atom. The Morgan fingerprint density at radius 2 is 1.86 bits per heavy atom. The molecule has 0 bridgehead atoms. The van der Waals surface area contributed by atoms with E-state index in [4.69, 9.17) is 0 Å². The van der Waals surface area contributed by atoms with Crippen LogP contribution in [0.3, 0.4) is 0 Å². The van der Waals surface area contributed by atoms with E-state index >= 15 is 0 Å². The summed E-state index contributed by atoms with van der Waals surface area (Å²) in [7, 11) is 2.12. The van der Waals surface area contributed by atoms with Gasteiger partial charge in [0.1, 0.15) is 18.5 Å². The third kappa shape index (κ3) is 5.45. The van der Waals surface area contributed by atoms with Crippen LogP contribution in [0, 0.1) is 0 Å². The number of halogens is 3. The van der Waals surface area contributed by atoms with Gasteiger partial charge in [-0.25, -0.2) is 4.98 Å². The summed E-state index contributed by atoms with van der Waals surface area (Å²) in [4.78, 5) is 22.8. The molecular weight excluding hydrogens is 375 g/mol. The molecule has 2 saturated heterocycles. The van der Waals surface area contributed by atoms with Gasteiger partial charge in [-0.05, 0) is 19.9 Å². The SMILES string of the molecule is CN1CCN(C2CCN(C(=O)CC(O)c3nccn3CC(F)(F)F)CC2)CC1. The second-order valence-electron chi connectivity index (χ2n) is 7.70. The van der Waals surface area contributed by atoms with Crippen LogP contribution in [0.1, 0.15) is 31.2 Å². The number of hydrogen-bond donors (Lipinski definition) is 1. The number of nitrogens with zero attached hydrogens (tertiary/aromatic N) is 5. The van der Waals surface area contributed by atoms with Gasteiger partial charge in [0.15, 0.2) is 0 Å². The summed E-state index contributed by atoms with van der Waals surface area (Å²) in [6.45, 7) is 4.17. The molecule has 2 aliphatic rings. The number of rotatable bonds is 5. The average Bonchev–Trinajstić information content (AvgIpc) is 3.09. The first kappa shape index (κ1) is 21.1. The van der Waals surface area contributed by atoms with Crippen LogP contribution in [0.2, 0.25) is 0 Å². The third-order valence-corrected chi connectivity index (χ3v) is 5.63. The number of carbonyl (C=O) groups is 1. The number of aliphatic hydroxyl groups excluding tert-OH is 1. The summed E-state index contributed by atoms with van der Waals surface area (Å²) in [6, 6.07) is 0.466. The normalized spacial score (nSPS) is 21.8. The highest BCUT2D eigenvalue weighted by molar-refractivity contribution is 5.76. The fourth-order valence-electron chi connectivity index (χ4n) is 4.00. The molecule has 0 aliphatic carbocycles. The molecule has 1 N–H and O–H groups in total. The van der Waals surface area contributed by atoms with Gasteiger partial charge in [-0.15, -0.1) is 0 Å². The van der Waals surface area contributed by atoms with Crippen molar-refractivity contribution in [3.8, 4) is 0 Å². The lowest BCUT2D eigenvalue weighted by molar-refractivity contribution is -0.141. The van der Waals surface area contributed by atoms with E-state index < -0.39 is 18.8 Å². The fourth-order valence-corrected chi connectivity index (χ4v) is 4.00. The standard InChI is InChI=1S/C18H28F3N5O2/c1-23-8-10-24(11-9-23)14-2-5-25(6-3-14)16(28)12-15(27)17-22-4-7-26(17)13-18(19,20)21/h4,7,14-15,27H,2-3,5-6,8-13H2,1H3. The second-order valence-corrected chi connectivity index (χ2v) is 7.70. The molecule has 0 spiro atoms. The number of aliphatic hydroxyl groups is 1. The molecule has 0 radical (unpaired) electrons. The van der Waals surface area contributed by atoms with Gasteiger partial charge in [0, 0.05) is 57.7 Å². The van der Waals surface area contributed by atoms with Crippen LogP contribution in [0.5, 0.6) is 0 Å². The lowest BCUT2D eigenvalue weighted by Crippen LogP contribution is -2.53. The van der Waals surface area contributed by atoms with Crippen molar-refractivity contribution < 1.29 is 23.1 Å². The van der Waals surface area contributed by atoms with Crippen LogP contribution >= 0.6 is 0 Å². The van der Waals surface area contributed by atoms with Crippen LogP contribution in [0.4, 0.5) is 13.2 Å². The number of aromatic nitrogens is 2. The number of piperazine rings is 1. The van der Waals surface area contributed by atoms with Crippen LogP contribution in [-0.2, 0) is 11.3 Å². The average molecular weight is 403 g/mol. The Bertz CT molecular complexity index is 650. The number of piperidine rings is 1. The zero-order valence-corrected chi connectivity index (χ0v) is 16.1. The number of likely N-dealkylation sites (N-methyl/N-ethyl adjacent to an activating group) is 1. The number of carbonyl (C=O) groups excluding carboxylic acids is 1. The van der Waals surface area contributed by atoms with Gasteiger partial charge < -0.3 is 19.5 Å². The zero-order valence-electron chi connectivity index (χ0n) is 16.1. The molecule has 1 aromatic rings. The molecule has 1 atom stereocenters. The van der Waals surface area contributed by atoms with Gasteiger partial charge in [0.2, 0.25) is 5.91 Å². The van der Waals surface area contributed by atoms with Crippen molar-refractivity contribution in [3.05, 3.63) is 18.2 Å². The predicted octanol–water partition coefficient (Wildman–Crippen LogP) is 1.11. The molecular formula is C18H28F3N5O2. The van der Waals surface area contributed by atoms with Crippen molar-refractivity contribution in [2.24, 2.45) is 0 Å². The number of imidazole rings is 1. The molecule has 2 fully saturated rings. The lowest BCUT2D eigenvalue weighted by atomic mass is 10.0. The highest BCUT2D eigenvalue weighted by atomic mass is 19.4. The van der Waals surface area contributed by atoms with Crippen molar-refractivity contribution >= 4 is 5.91 Å². The van der Waals surface area contributed by atoms with Gasteiger partial charge in [-0.1, -0.05) is 0 Å². The molecule has 1 aromatic heterocycles. The van der Waals surface area contributed by atoms with Crippen LogP contribution in [0.15, 0.2) is 12.4 Å². The molecule has 158 valence electrons. The minimum atomic E-state index is -4.41. The smallest absolute Gasteiger partial charge is 0.385 e. The van der Waals surface area contributed by atoms with E-state index in [1.165, 1.54) is 6.20 Å². The van der Waals surface area contributed by atoms with Gasteiger partial charge in [-0.3, -0.25) is 9.69 Å².